The number of nitrogens with zero attached hydrogens (tertiary/aromatic N) is 3. The van der Waals surface area contributed by atoms with Crippen molar-refractivity contribution < 1.29 is 14.3 Å². The van der Waals surface area contributed by atoms with Crippen molar-refractivity contribution in [1.82, 2.24) is 20.1 Å². The third kappa shape index (κ3) is 5.82. The lowest BCUT2D eigenvalue weighted by Crippen LogP contribution is -2.46. The Balaban J connectivity index is 1.83. The number of amides is 1. The largest absolute Gasteiger partial charge is 0.460 e. The average Bonchev–Trinajstić information content (AvgIpc) is 3.07. The molecule has 3 aromatic rings. The van der Waals surface area contributed by atoms with Gasteiger partial charge in [-0.25, -0.2) is 0 Å². The van der Waals surface area contributed by atoms with Crippen molar-refractivity contribution >= 4 is 16.8 Å². The molecular weight excluding hydrogens is 392 g/mol. The second kappa shape index (κ2) is 9.92. The topological polar surface area (TPSA) is 78.3 Å². The van der Waals surface area contributed by atoms with Gasteiger partial charge in [-0.2, -0.15) is 0 Å². The number of nitrogens with one attached hydrogen (secondary N) is 1. The van der Waals surface area contributed by atoms with Crippen LogP contribution < -0.4 is 10.1 Å². The van der Waals surface area contributed by atoms with E-state index in [0.717, 1.165) is 35.0 Å². The van der Waals surface area contributed by atoms with Gasteiger partial charge in [-0.3, -0.25) is 14.5 Å². The van der Waals surface area contributed by atoms with E-state index in [2.05, 4.69) is 24.1 Å². The first-order valence-corrected chi connectivity index (χ1v) is 10.6. The lowest BCUT2D eigenvalue weighted by Gasteiger charge is -2.24. The highest BCUT2D eigenvalue weighted by atomic mass is 16.5. The predicted octanol–water partition coefficient (Wildman–Crippen LogP) is 4.10. The normalized spacial score (nSPS) is 11.8. The van der Waals surface area contributed by atoms with Crippen LogP contribution in [-0.2, 0) is 29.2 Å². The van der Waals surface area contributed by atoms with E-state index in [4.69, 9.17) is 14.6 Å². The van der Waals surface area contributed by atoms with E-state index in [1.807, 2.05) is 35.0 Å². The van der Waals surface area contributed by atoms with Gasteiger partial charge in [-0.1, -0.05) is 19.9 Å². The Morgan fingerprint density at radius 3 is 2.58 bits per heavy atom. The first-order valence-electron chi connectivity index (χ1n) is 10.6. The first-order chi connectivity index (χ1) is 14.8. The Labute approximate surface area is 183 Å². The van der Waals surface area contributed by atoms with Crippen LogP contribution in [0.4, 0.5) is 0 Å². The van der Waals surface area contributed by atoms with Crippen LogP contribution in [0.5, 0.6) is 5.88 Å². The zero-order valence-electron chi connectivity index (χ0n) is 19.0. The number of rotatable bonds is 10. The average molecular weight is 425 g/mol. The van der Waals surface area contributed by atoms with Crippen LogP contribution >= 0.6 is 0 Å². The molecule has 0 aliphatic heterocycles. The number of methoxy groups -OCH3 is 1. The molecule has 1 N–H and O–H groups in total. The Morgan fingerprint density at radius 1 is 1.16 bits per heavy atom. The van der Waals surface area contributed by atoms with Crippen LogP contribution in [0.2, 0.25) is 0 Å². The summed E-state index contributed by atoms with van der Waals surface area (Å²) < 4.78 is 13.4. The van der Waals surface area contributed by atoms with Gasteiger partial charge in [0, 0.05) is 32.6 Å². The molecule has 0 saturated heterocycles. The fraction of sp³-hybridized carbons (Fsp3) is 0.458. The molecule has 31 heavy (non-hydrogen) atoms. The smallest absolute Gasteiger partial charge is 0.263 e. The Hall–Kier alpha value is -2.93. The van der Waals surface area contributed by atoms with Gasteiger partial charge < -0.3 is 14.8 Å². The van der Waals surface area contributed by atoms with Gasteiger partial charge in [-0.05, 0) is 61.6 Å². The van der Waals surface area contributed by atoms with Gasteiger partial charge in [0.05, 0.1) is 17.5 Å². The lowest BCUT2D eigenvalue weighted by atomic mass is 10.1. The minimum absolute atomic E-state index is 0.206. The molecule has 0 aliphatic rings. The molecular formula is C24H32N4O3. The maximum atomic E-state index is 12.9. The van der Waals surface area contributed by atoms with E-state index in [1.54, 1.807) is 33.4 Å². The maximum Gasteiger partial charge on any atom is 0.263 e. The summed E-state index contributed by atoms with van der Waals surface area (Å²) in [4.78, 5) is 16.9. The SMILES string of the molecule is COCc1ccc2c(c1)c(OC(C)(C)C(=O)NCc1ccncc1)nn2CCC(C)C. The highest BCUT2D eigenvalue weighted by Crippen LogP contribution is 2.30. The monoisotopic (exact) mass is 424 g/mol. The van der Waals surface area contributed by atoms with Crippen LogP contribution in [-0.4, -0.2) is 33.4 Å². The Kier molecular flexibility index (Phi) is 7.28. The Bertz CT molecular complexity index is 1010. The van der Waals surface area contributed by atoms with Gasteiger partial charge in [0.2, 0.25) is 5.88 Å². The van der Waals surface area contributed by atoms with Gasteiger partial charge in [-0.15, -0.1) is 5.10 Å². The Morgan fingerprint density at radius 2 is 1.90 bits per heavy atom. The summed E-state index contributed by atoms with van der Waals surface area (Å²) >= 11 is 0. The minimum Gasteiger partial charge on any atom is -0.460 e. The molecule has 0 atom stereocenters. The number of carbonyl (C=O) groups is 1. The highest BCUT2D eigenvalue weighted by molar-refractivity contribution is 5.88. The summed E-state index contributed by atoms with van der Waals surface area (Å²) in [5, 5.41) is 8.54. The first kappa shape index (κ1) is 22.7. The third-order valence-corrected chi connectivity index (χ3v) is 5.11. The molecule has 0 radical (unpaired) electrons. The van der Waals surface area contributed by atoms with Crippen molar-refractivity contribution in [1.29, 1.82) is 0 Å². The number of hydrogen-bond acceptors (Lipinski definition) is 5. The van der Waals surface area contributed by atoms with Gasteiger partial charge in [0.25, 0.3) is 5.91 Å². The van der Waals surface area contributed by atoms with Crippen LogP contribution in [0.3, 0.4) is 0 Å². The zero-order chi connectivity index (χ0) is 22.4. The zero-order valence-corrected chi connectivity index (χ0v) is 19.0. The molecule has 2 aromatic heterocycles. The fourth-order valence-electron chi connectivity index (χ4n) is 3.26. The van der Waals surface area contributed by atoms with E-state index in [-0.39, 0.29) is 5.91 Å². The summed E-state index contributed by atoms with van der Waals surface area (Å²) in [6, 6.07) is 9.85. The predicted molar refractivity (Wildman–Crippen MR) is 121 cm³/mol. The molecule has 0 spiro atoms. The number of pyridine rings is 1. The molecule has 7 heteroatoms. The van der Waals surface area contributed by atoms with Crippen LogP contribution in [0.25, 0.3) is 10.9 Å². The van der Waals surface area contributed by atoms with Gasteiger partial charge in [0.15, 0.2) is 5.60 Å². The van der Waals surface area contributed by atoms with E-state index in [9.17, 15) is 4.79 Å². The fourth-order valence-corrected chi connectivity index (χ4v) is 3.26. The molecule has 0 saturated carbocycles. The van der Waals surface area contributed by atoms with Crippen molar-refractivity contribution in [3.63, 3.8) is 0 Å². The van der Waals surface area contributed by atoms with Crippen molar-refractivity contribution in [2.45, 2.75) is 59.4 Å². The summed E-state index contributed by atoms with van der Waals surface area (Å²) in [5.41, 5.74) is 1.91. The number of fused-ring (bicyclic) bond motifs is 1. The molecule has 166 valence electrons. The molecule has 0 unspecified atom stereocenters. The summed E-state index contributed by atoms with van der Waals surface area (Å²) in [5.74, 6) is 0.815. The lowest BCUT2D eigenvalue weighted by molar-refractivity contribution is -0.134. The molecule has 1 aromatic carbocycles. The quantitative estimate of drug-likeness (QED) is 0.530. The second-order valence-corrected chi connectivity index (χ2v) is 8.65. The van der Waals surface area contributed by atoms with Crippen molar-refractivity contribution in [3.8, 4) is 5.88 Å². The highest BCUT2D eigenvalue weighted by Gasteiger charge is 2.31. The van der Waals surface area contributed by atoms with Crippen LogP contribution in [0, 0.1) is 5.92 Å². The number of benzene rings is 1. The third-order valence-electron chi connectivity index (χ3n) is 5.11. The van der Waals surface area contributed by atoms with Crippen molar-refractivity contribution in [2.24, 2.45) is 5.92 Å². The molecule has 1 amide bonds. The number of aryl methyl sites for hydroxylation is 1. The summed E-state index contributed by atoms with van der Waals surface area (Å²) in [6.07, 6.45) is 4.42. The number of ether oxygens (including phenoxy) is 2. The van der Waals surface area contributed by atoms with Crippen LogP contribution in [0.1, 0.15) is 45.2 Å². The molecule has 7 nitrogen and oxygen atoms in total. The summed E-state index contributed by atoms with van der Waals surface area (Å²) in [6.45, 7) is 9.60. The van der Waals surface area contributed by atoms with Crippen LogP contribution in [0.15, 0.2) is 42.7 Å². The minimum atomic E-state index is -1.09. The molecule has 3 rings (SSSR count). The second-order valence-electron chi connectivity index (χ2n) is 8.65. The standard InChI is InChI=1S/C24H32N4O3/c1-17(2)10-13-28-21-7-6-19(16-30-5)14-20(21)22(27-28)31-24(3,4)23(29)26-15-18-8-11-25-12-9-18/h6-9,11-12,14,17H,10,13,15-16H2,1-5H3,(H,26,29). The number of aromatic nitrogens is 3. The van der Waals surface area contributed by atoms with Crippen molar-refractivity contribution in [2.75, 3.05) is 7.11 Å². The number of carbonyl (C=O) groups excluding carboxylic acids is 1. The maximum absolute atomic E-state index is 12.9. The molecule has 0 aliphatic carbocycles. The molecule has 2 heterocycles. The number of hydrogen-bond donors (Lipinski definition) is 1. The molecule has 0 bridgehead atoms. The van der Waals surface area contributed by atoms with E-state index in [0.29, 0.717) is 24.9 Å². The van der Waals surface area contributed by atoms with E-state index < -0.39 is 5.60 Å². The molecule has 0 fully saturated rings. The van der Waals surface area contributed by atoms with Gasteiger partial charge >= 0.3 is 0 Å². The van der Waals surface area contributed by atoms with E-state index in [1.165, 1.54) is 0 Å². The van der Waals surface area contributed by atoms with Gasteiger partial charge in [0.1, 0.15) is 0 Å². The summed E-state index contributed by atoms with van der Waals surface area (Å²) in [7, 11) is 1.67. The van der Waals surface area contributed by atoms with E-state index >= 15 is 0 Å². The van der Waals surface area contributed by atoms with Crippen molar-refractivity contribution in [3.05, 3.63) is 53.9 Å².